The zero-order valence-electron chi connectivity index (χ0n) is 9.73. The standard InChI is InChI=1S/C11H15ClFNO2S/c1-9(10-5-3-4-6-11(10)13)14(2)17(15,16)8-7-12/h3-6,9H,7-8H2,1-2H3. The Morgan fingerprint density at radius 2 is 2.00 bits per heavy atom. The van der Waals surface area contributed by atoms with Crippen molar-refractivity contribution in [3.63, 3.8) is 0 Å². The Morgan fingerprint density at radius 1 is 1.41 bits per heavy atom. The van der Waals surface area contributed by atoms with Crippen LogP contribution in [0.5, 0.6) is 0 Å². The van der Waals surface area contributed by atoms with Crippen molar-refractivity contribution in [3.8, 4) is 0 Å². The van der Waals surface area contributed by atoms with Crippen molar-refractivity contribution < 1.29 is 12.8 Å². The zero-order chi connectivity index (χ0) is 13.1. The van der Waals surface area contributed by atoms with Crippen LogP contribution in [-0.2, 0) is 10.0 Å². The predicted molar refractivity (Wildman–Crippen MR) is 67.1 cm³/mol. The highest BCUT2D eigenvalue weighted by atomic mass is 35.5. The van der Waals surface area contributed by atoms with Crippen LogP contribution < -0.4 is 0 Å². The minimum absolute atomic E-state index is 0.0245. The first-order valence-electron chi connectivity index (χ1n) is 5.16. The normalized spacial score (nSPS) is 13.9. The van der Waals surface area contributed by atoms with Crippen LogP contribution in [0.3, 0.4) is 0 Å². The van der Waals surface area contributed by atoms with Crippen molar-refractivity contribution >= 4 is 21.6 Å². The van der Waals surface area contributed by atoms with E-state index in [0.29, 0.717) is 5.56 Å². The molecule has 0 saturated heterocycles. The van der Waals surface area contributed by atoms with Crippen molar-refractivity contribution in [3.05, 3.63) is 35.6 Å². The van der Waals surface area contributed by atoms with E-state index in [0.717, 1.165) is 4.31 Å². The molecule has 0 saturated carbocycles. The molecule has 6 heteroatoms. The predicted octanol–water partition coefficient (Wildman–Crippen LogP) is 2.39. The molecule has 0 radical (unpaired) electrons. The first-order chi connectivity index (χ1) is 7.90. The van der Waals surface area contributed by atoms with Gasteiger partial charge in [0.05, 0.1) is 5.75 Å². The third kappa shape index (κ3) is 3.40. The Kier molecular flexibility index (Phi) is 4.91. The number of hydrogen-bond donors (Lipinski definition) is 0. The van der Waals surface area contributed by atoms with Gasteiger partial charge >= 0.3 is 0 Å². The van der Waals surface area contributed by atoms with Crippen LogP contribution in [0.25, 0.3) is 0 Å². The molecule has 1 unspecified atom stereocenters. The molecule has 0 fully saturated rings. The second-order valence-corrected chi connectivity index (χ2v) is 6.24. The fraction of sp³-hybridized carbons (Fsp3) is 0.455. The molecule has 0 heterocycles. The lowest BCUT2D eigenvalue weighted by atomic mass is 10.1. The van der Waals surface area contributed by atoms with Gasteiger partial charge < -0.3 is 0 Å². The average molecular weight is 280 g/mol. The lowest BCUT2D eigenvalue weighted by Gasteiger charge is -2.24. The molecule has 0 N–H and O–H groups in total. The summed E-state index contributed by atoms with van der Waals surface area (Å²) >= 11 is 5.43. The van der Waals surface area contributed by atoms with Crippen LogP contribution in [0, 0.1) is 5.82 Å². The van der Waals surface area contributed by atoms with Gasteiger partial charge in [-0.05, 0) is 13.0 Å². The summed E-state index contributed by atoms with van der Waals surface area (Å²) in [6, 6.07) is 5.58. The first kappa shape index (κ1) is 14.4. The summed E-state index contributed by atoms with van der Waals surface area (Å²) in [4.78, 5) is 0. The highest BCUT2D eigenvalue weighted by Gasteiger charge is 2.25. The minimum Gasteiger partial charge on any atom is -0.212 e. The van der Waals surface area contributed by atoms with E-state index in [-0.39, 0.29) is 11.6 Å². The van der Waals surface area contributed by atoms with Crippen LogP contribution in [0.2, 0.25) is 0 Å². The van der Waals surface area contributed by atoms with Gasteiger partial charge in [-0.2, -0.15) is 4.31 Å². The van der Waals surface area contributed by atoms with Crippen molar-refractivity contribution in [2.24, 2.45) is 0 Å². The number of benzene rings is 1. The fourth-order valence-electron chi connectivity index (χ4n) is 1.49. The van der Waals surface area contributed by atoms with E-state index in [1.165, 1.54) is 13.1 Å². The van der Waals surface area contributed by atoms with Crippen LogP contribution in [0.4, 0.5) is 4.39 Å². The molecule has 0 aliphatic rings. The molecule has 1 aromatic rings. The Hall–Kier alpha value is -0.650. The van der Waals surface area contributed by atoms with Gasteiger partial charge in [0.15, 0.2) is 0 Å². The van der Waals surface area contributed by atoms with Gasteiger partial charge in [0.2, 0.25) is 10.0 Å². The molecule has 0 amide bonds. The molecule has 0 aliphatic heterocycles. The van der Waals surface area contributed by atoms with Crippen molar-refractivity contribution in [2.45, 2.75) is 13.0 Å². The van der Waals surface area contributed by atoms with Crippen LogP contribution in [0.1, 0.15) is 18.5 Å². The Labute approximate surface area is 106 Å². The molecule has 17 heavy (non-hydrogen) atoms. The molecular weight excluding hydrogens is 265 g/mol. The summed E-state index contributed by atoms with van der Waals surface area (Å²) in [5.74, 6) is -0.534. The summed E-state index contributed by atoms with van der Waals surface area (Å²) in [5.41, 5.74) is 0.355. The number of hydrogen-bond acceptors (Lipinski definition) is 2. The highest BCUT2D eigenvalue weighted by molar-refractivity contribution is 7.89. The van der Waals surface area contributed by atoms with E-state index in [4.69, 9.17) is 11.6 Å². The maximum absolute atomic E-state index is 13.5. The Morgan fingerprint density at radius 3 is 2.53 bits per heavy atom. The number of sulfonamides is 1. The molecule has 1 aromatic carbocycles. The van der Waals surface area contributed by atoms with E-state index in [1.54, 1.807) is 25.1 Å². The van der Waals surface area contributed by atoms with Gasteiger partial charge in [0.1, 0.15) is 5.82 Å². The third-order valence-electron chi connectivity index (χ3n) is 2.67. The lowest BCUT2D eigenvalue weighted by molar-refractivity contribution is 0.388. The number of halogens is 2. The molecule has 0 spiro atoms. The first-order valence-corrected chi connectivity index (χ1v) is 7.30. The molecule has 1 atom stereocenters. The Balaban J connectivity index is 2.99. The minimum atomic E-state index is -3.44. The van der Waals surface area contributed by atoms with Gasteiger partial charge in [-0.25, -0.2) is 12.8 Å². The summed E-state index contributed by atoms with van der Waals surface area (Å²) in [6.07, 6.45) is 0. The van der Waals surface area contributed by atoms with Gasteiger partial charge in [0.25, 0.3) is 0 Å². The fourth-order valence-corrected chi connectivity index (χ4v) is 3.16. The summed E-state index contributed by atoms with van der Waals surface area (Å²) in [5, 5.41) is 0. The molecule has 1 rings (SSSR count). The zero-order valence-corrected chi connectivity index (χ0v) is 11.3. The van der Waals surface area contributed by atoms with E-state index < -0.39 is 21.9 Å². The number of rotatable bonds is 5. The summed E-state index contributed by atoms with van der Waals surface area (Å²) < 4.78 is 38.2. The van der Waals surface area contributed by atoms with Gasteiger partial charge in [0, 0.05) is 24.5 Å². The smallest absolute Gasteiger partial charge is 0.212 e. The van der Waals surface area contributed by atoms with E-state index in [2.05, 4.69) is 0 Å². The van der Waals surface area contributed by atoms with Gasteiger partial charge in [-0.15, -0.1) is 11.6 Å². The van der Waals surface area contributed by atoms with Crippen LogP contribution >= 0.6 is 11.6 Å². The maximum Gasteiger partial charge on any atom is 0.215 e. The molecule has 0 bridgehead atoms. The topological polar surface area (TPSA) is 37.4 Å². The SMILES string of the molecule is CC(c1ccccc1F)N(C)S(=O)(=O)CCCl. The molecule has 96 valence electrons. The summed E-state index contributed by atoms with van der Waals surface area (Å²) in [7, 11) is -2.01. The summed E-state index contributed by atoms with van der Waals surface area (Å²) in [6.45, 7) is 1.64. The van der Waals surface area contributed by atoms with Crippen LogP contribution in [-0.4, -0.2) is 31.4 Å². The Bertz CT molecular complexity index is 478. The largest absolute Gasteiger partial charge is 0.215 e. The van der Waals surface area contributed by atoms with Crippen LogP contribution in [0.15, 0.2) is 24.3 Å². The number of nitrogens with zero attached hydrogens (tertiary/aromatic N) is 1. The van der Waals surface area contributed by atoms with Crippen molar-refractivity contribution in [1.82, 2.24) is 4.31 Å². The average Bonchev–Trinajstić information content (AvgIpc) is 2.27. The molecule has 0 aliphatic carbocycles. The quantitative estimate of drug-likeness (QED) is 0.776. The van der Waals surface area contributed by atoms with Gasteiger partial charge in [-0.1, -0.05) is 18.2 Å². The van der Waals surface area contributed by atoms with E-state index >= 15 is 0 Å². The second-order valence-electron chi connectivity index (χ2n) is 3.72. The molecule has 0 aromatic heterocycles. The highest BCUT2D eigenvalue weighted by Crippen LogP contribution is 2.23. The number of alkyl halides is 1. The van der Waals surface area contributed by atoms with E-state index in [1.807, 2.05) is 0 Å². The monoisotopic (exact) mass is 279 g/mol. The van der Waals surface area contributed by atoms with Crippen molar-refractivity contribution in [2.75, 3.05) is 18.7 Å². The van der Waals surface area contributed by atoms with E-state index in [9.17, 15) is 12.8 Å². The third-order valence-corrected chi connectivity index (χ3v) is 5.00. The van der Waals surface area contributed by atoms with Crippen molar-refractivity contribution in [1.29, 1.82) is 0 Å². The maximum atomic E-state index is 13.5. The van der Waals surface area contributed by atoms with Gasteiger partial charge in [-0.3, -0.25) is 0 Å². The molecular formula is C11H15ClFNO2S. The lowest BCUT2D eigenvalue weighted by Crippen LogP contribution is -2.32. The second kappa shape index (κ2) is 5.80. The molecule has 3 nitrogen and oxygen atoms in total.